The molecule has 0 amide bonds. The molecule has 41 heavy (non-hydrogen) atoms. The van der Waals surface area contributed by atoms with Crippen molar-refractivity contribution in [2.75, 3.05) is 14.2 Å². The second kappa shape index (κ2) is 24.3. The molecule has 0 rings (SSSR count). The molecule has 0 saturated carbocycles. The minimum Gasteiger partial charge on any atom is -0.459 e. The fourth-order valence-electron chi connectivity index (χ4n) is 4.59. The first-order valence-electron chi connectivity index (χ1n) is 11.3. The zero-order chi connectivity index (χ0) is 25.1. The van der Waals surface area contributed by atoms with Crippen molar-refractivity contribution in [3.8, 4) is 0 Å². The Balaban J connectivity index is -0.0000001000. The number of esters is 2. The molecule has 0 heterocycles. The van der Waals surface area contributed by atoms with Gasteiger partial charge in [0.05, 0.1) is 11.2 Å². The first-order chi connectivity index (χ1) is 13.7. The highest BCUT2D eigenvalue weighted by Gasteiger charge is 2.55. The van der Waals surface area contributed by atoms with Crippen LogP contribution in [0.25, 0.3) is 0 Å². The maximum Gasteiger partial charge on any atom is 0.317 e. The van der Waals surface area contributed by atoms with E-state index < -0.39 is 51.6 Å². The van der Waals surface area contributed by atoms with E-state index in [1.807, 2.05) is 83.1 Å². The van der Waals surface area contributed by atoms with Crippen LogP contribution in [0, 0.1) is 10.8 Å². The Morgan fingerprint density at radius 2 is 0.634 bits per heavy atom. The van der Waals surface area contributed by atoms with E-state index in [2.05, 4.69) is 0 Å². The van der Waals surface area contributed by atoms with Gasteiger partial charge in [-0.15, -0.1) is 0 Å². The summed E-state index contributed by atoms with van der Waals surface area (Å²) in [6.07, 6.45) is 1.01. The molecule has 0 fully saturated rings. The van der Waals surface area contributed by atoms with Gasteiger partial charge in [-0.3, -0.25) is 9.59 Å². The SMILES string of the molecule is C.C.C.C.C.C.C.C.C.C.CCC(C)(C(C)(C)OC)C(C)(C)OC(=O)CC(=O)OC(C)(C)C(C)(CC)C(C)(C)OC. The molecule has 0 aliphatic carbocycles. The molecular formula is C35H88O6. The minimum atomic E-state index is -0.857. The van der Waals surface area contributed by atoms with Crippen molar-refractivity contribution in [2.45, 2.75) is 199 Å². The Morgan fingerprint density at radius 1 is 0.439 bits per heavy atom. The van der Waals surface area contributed by atoms with Gasteiger partial charge in [-0.05, 0) is 68.2 Å². The predicted molar refractivity (Wildman–Crippen MR) is 191 cm³/mol. The first kappa shape index (κ1) is 72.3. The lowest BCUT2D eigenvalue weighted by atomic mass is 9.63. The Morgan fingerprint density at radius 3 is 0.780 bits per heavy atom. The van der Waals surface area contributed by atoms with Crippen molar-refractivity contribution in [2.24, 2.45) is 10.8 Å². The monoisotopic (exact) mass is 605 g/mol. The van der Waals surface area contributed by atoms with Crippen LogP contribution < -0.4 is 0 Å². The number of ether oxygens (including phenoxy) is 4. The number of carbonyl (C=O) groups excluding carboxylic acids is 2. The predicted octanol–water partition coefficient (Wildman–Crippen LogP) is 12.1. The van der Waals surface area contributed by atoms with Crippen LogP contribution >= 0.6 is 0 Å². The summed E-state index contributed by atoms with van der Waals surface area (Å²) in [6, 6.07) is 0. The number of rotatable bonds is 12. The van der Waals surface area contributed by atoms with E-state index >= 15 is 0 Å². The number of carbonyl (C=O) groups is 2. The van der Waals surface area contributed by atoms with Crippen LogP contribution in [0.4, 0.5) is 0 Å². The molecule has 2 unspecified atom stereocenters. The molecule has 0 aromatic carbocycles. The molecule has 0 saturated heterocycles. The summed E-state index contributed by atoms with van der Waals surface area (Å²) in [4.78, 5) is 25.4. The van der Waals surface area contributed by atoms with Crippen molar-refractivity contribution in [1.29, 1.82) is 0 Å². The van der Waals surface area contributed by atoms with E-state index in [4.69, 9.17) is 18.9 Å². The molecule has 264 valence electrons. The van der Waals surface area contributed by atoms with Gasteiger partial charge in [-0.1, -0.05) is 102 Å². The highest BCUT2D eigenvalue weighted by atomic mass is 16.6. The van der Waals surface area contributed by atoms with E-state index in [0.717, 1.165) is 12.8 Å². The molecule has 0 aliphatic rings. The smallest absolute Gasteiger partial charge is 0.317 e. The maximum absolute atomic E-state index is 12.7. The third-order valence-electron chi connectivity index (χ3n) is 8.78. The molecule has 0 aromatic rings. The Hall–Kier alpha value is -1.14. The molecule has 0 bridgehead atoms. The van der Waals surface area contributed by atoms with E-state index in [1.165, 1.54) is 0 Å². The van der Waals surface area contributed by atoms with E-state index in [0.29, 0.717) is 0 Å². The molecule has 6 heteroatoms. The van der Waals surface area contributed by atoms with Gasteiger partial charge in [-0.2, -0.15) is 0 Å². The largest absolute Gasteiger partial charge is 0.459 e. The summed E-state index contributed by atoms with van der Waals surface area (Å²) >= 11 is 0. The van der Waals surface area contributed by atoms with Crippen molar-refractivity contribution in [3.05, 3.63) is 0 Å². The van der Waals surface area contributed by atoms with Crippen LogP contribution in [0.1, 0.15) is 177 Å². The topological polar surface area (TPSA) is 71.1 Å². The normalized spacial score (nSPS) is 13.2. The summed E-state index contributed by atoms with van der Waals surface area (Å²) in [6.45, 7) is 23.5. The van der Waals surface area contributed by atoms with Gasteiger partial charge < -0.3 is 18.9 Å². The first-order valence-corrected chi connectivity index (χ1v) is 11.3. The van der Waals surface area contributed by atoms with Gasteiger partial charge in [0.25, 0.3) is 0 Å². The third kappa shape index (κ3) is 14.3. The van der Waals surface area contributed by atoms with E-state index in [9.17, 15) is 9.59 Å². The molecule has 6 nitrogen and oxygen atoms in total. The molecule has 0 aliphatic heterocycles. The molecule has 2 atom stereocenters. The van der Waals surface area contributed by atoms with Crippen molar-refractivity contribution in [3.63, 3.8) is 0 Å². The second-order valence-corrected chi connectivity index (χ2v) is 10.9. The average molecular weight is 605 g/mol. The lowest BCUT2D eigenvalue weighted by Gasteiger charge is -2.52. The van der Waals surface area contributed by atoms with Crippen molar-refractivity contribution in [1.82, 2.24) is 0 Å². The van der Waals surface area contributed by atoms with Crippen LogP contribution in [0.5, 0.6) is 0 Å². The third-order valence-corrected chi connectivity index (χ3v) is 8.78. The highest BCUT2D eigenvalue weighted by molar-refractivity contribution is 5.91. The van der Waals surface area contributed by atoms with E-state index in [1.54, 1.807) is 14.2 Å². The number of hydrogen-bond acceptors (Lipinski definition) is 6. The molecular weight excluding hydrogens is 516 g/mol. The highest BCUT2D eigenvalue weighted by Crippen LogP contribution is 2.49. The lowest BCUT2D eigenvalue weighted by molar-refractivity contribution is -0.211. The van der Waals surface area contributed by atoms with Crippen molar-refractivity contribution < 1.29 is 28.5 Å². The summed E-state index contributed by atoms with van der Waals surface area (Å²) < 4.78 is 23.1. The maximum atomic E-state index is 12.7. The summed E-state index contributed by atoms with van der Waals surface area (Å²) in [5.74, 6) is -1.22. The van der Waals surface area contributed by atoms with Crippen LogP contribution in [-0.4, -0.2) is 48.6 Å². The standard InChI is InChI=1S/C25H48O6.10CH4/c1-15-24(11,20(3,4)28-13)22(7,8)30-18(26)17-19(27)31-23(9,10)25(12,16-2)21(5,6)29-14;;;;;;;;;;/h15-17H2,1-14H3;10*1H4. The van der Waals surface area contributed by atoms with Gasteiger partial charge in [0.1, 0.15) is 17.6 Å². The van der Waals surface area contributed by atoms with Crippen LogP contribution in [-0.2, 0) is 28.5 Å². The van der Waals surface area contributed by atoms with Gasteiger partial charge in [0.15, 0.2) is 0 Å². The van der Waals surface area contributed by atoms with Crippen LogP contribution in [0.15, 0.2) is 0 Å². The van der Waals surface area contributed by atoms with E-state index in [-0.39, 0.29) is 74.3 Å². The van der Waals surface area contributed by atoms with Crippen molar-refractivity contribution >= 4 is 11.9 Å². The van der Waals surface area contributed by atoms with Gasteiger partial charge >= 0.3 is 11.9 Å². The Bertz CT molecular complexity index is 583. The van der Waals surface area contributed by atoms with Gasteiger partial charge in [0.2, 0.25) is 0 Å². The van der Waals surface area contributed by atoms with Gasteiger partial charge in [-0.25, -0.2) is 0 Å². The average Bonchev–Trinajstić information content (AvgIpc) is 2.64. The number of hydrogen-bond donors (Lipinski definition) is 0. The minimum absolute atomic E-state index is 0. The molecule has 0 spiro atoms. The summed E-state index contributed by atoms with van der Waals surface area (Å²) in [5.41, 5.74) is -3.74. The van der Waals surface area contributed by atoms with Crippen LogP contribution in [0.3, 0.4) is 0 Å². The van der Waals surface area contributed by atoms with Gasteiger partial charge in [0, 0.05) is 25.0 Å². The fraction of sp³-hybridized carbons (Fsp3) is 0.943. The zero-order valence-corrected chi connectivity index (χ0v) is 22.6. The Labute approximate surface area is 264 Å². The second-order valence-electron chi connectivity index (χ2n) is 10.9. The molecule has 0 aromatic heterocycles. The number of methoxy groups -OCH3 is 2. The molecule has 0 radical (unpaired) electrons. The quantitative estimate of drug-likeness (QED) is 0.163. The summed E-state index contributed by atoms with van der Waals surface area (Å²) in [5, 5.41) is 0. The Kier molecular flexibility index (Phi) is 42.9. The van der Waals surface area contributed by atoms with Crippen LogP contribution in [0.2, 0.25) is 0 Å². The molecule has 0 N–H and O–H groups in total. The fourth-order valence-corrected chi connectivity index (χ4v) is 4.59. The summed E-state index contributed by atoms with van der Waals surface area (Å²) in [7, 11) is 3.30. The lowest BCUT2D eigenvalue weighted by Crippen LogP contribution is -2.58. The zero-order valence-electron chi connectivity index (χ0n) is 22.6.